The Labute approximate surface area is 276 Å². The number of fused-ring (bicyclic) bond motifs is 1. The number of aromatic hydroxyl groups is 1. The minimum atomic E-state index is -4.64. The molecular formula is C29H55Na2O6P. The Morgan fingerprint density at radius 2 is 1.26 bits per heavy atom. The molecule has 214 valence electrons. The predicted molar refractivity (Wildman–Crippen MR) is 163 cm³/mol. The third-order valence-electron chi connectivity index (χ3n) is 7.87. The number of rotatable bonds is 12. The normalized spacial score (nSPS) is 18.2. The van der Waals surface area contributed by atoms with Crippen LogP contribution < -0.4 is 4.74 Å². The van der Waals surface area contributed by atoms with Crippen LogP contribution in [0, 0.1) is 38.5 Å². The van der Waals surface area contributed by atoms with E-state index in [1.807, 2.05) is 13.8 Å². The van der Waals surface area contributed by atoms with Crippen molar-refractivity contribution in [3.8, 4) is 11.5 Å². The summed E-state index contributed by atoms with van der Waals surface area (Å²) in [6.07, 6.45) is 14.1. The van der Waals surface area contributed by atoms with Crippen LogP contribution in [0.25, 0.3) is 0 Å². The molecule has 1 aliphatic heterocycles. The summed E-state index contributed by atoms with van der Waals surface area (Å²) in [5, 5.41) is 10.4. The third kappa shape index (κ3) is 15.8. The van der Waals surface area contributed by atoms with E-state index in [2.05, 4.69) is 41.5 Å². The monoisotopic (exact) mass is 576 g/mol. The number of phenols is 1. The molecule has 0 fully saturated rings. The van der Waals surface area contributed by atoms with Gasteiger partial charge in [-0.25, -0.2) is 4.57 Å². The molecule has 1 aromatic rings. The first-order chi connectivity index (χ1) is 16.5. The van der Waals surface area contributed by atoms with E-state index in [4.69, 9.17) is 24.0 Å². The van der Waals surface area contributed by atoms with E-state index >= 15 is 0 Å². The van der Waals surface area contributed by atoms with Gasteiger partial charge < -0.3 is 24.5 Å². The maximum atomic E-state index is 10.4. The van der Waals surface area contributed by atoms with E-state index in [-0.39, 0.29) is 64.7 Å². The summed E-state index contributed by atoms with van der Waals surface area (Å²) < 4.78 is 15.5. The first kappa shape index (κ1) is 41.1. The Morgan fingerprint density at radius 3 is 1.74 bits per heavy atom. The second kappa shape index (κ2) is 19.2. The molecule has 2 rings (SSSR count). The van der Waals surface area contributed by atoms with Crippen LogP contribution in [0.3, 0.4) is 0 Å². The van der Waals surface area contributed by atoms with E-state index in [1.165, 1.54) is 56.9 Å². The van der Waals surface area contributed by atoms with Gasteiger partial charge in [0.05, 0.1) is 0 Å². The van der Waals surface area contributed by atoms with Crippen LogP contribution in [0.4, 0.5) is 0 Å². The van der Waals surface area contributed by atoms with Crippen LogP contribution in [-0.4, -0.2) is 84.5 Å². The molecule has 6 nitrogen and oxygen atoms in total. The van der Waals surface area contributed by atoms with Crippen LogP contribution in [-0.2, 0) is 11.0 Å². The molecule has 0 aliphatic carbocycles. The van der Waals surface area contributed by atoms with E-state index in [1.54, 1.807) is 0 Å². The van der Waals surface area contributed by atoms with Crippen molar-refractivity contribution < 1.29 is 29.1 Å². The molecule has 0 aromatic heterocycles. The van der Waals surface area contributed by atoms with Gasteiger partial charge in [0.1, 0.15) is 17.1 Å². The molecule has 0 spiro atoms. The van der Waals surface area contributed by atoms with E-state index < -0.39 is 7.82 Å². The van der Waals surface area contributed by atoms with E-state index in [0.29, 0.717) is 5.75 Å². The van der Waals surface area contributed by atoms with Gasteiger partial charge in [-0.1, -0.05) is 72.6 Å². The fourth-order valence-electron chi connectivity index (χ4n) is 5.27. The zero-order valence-electron chi connectivity index (χ0n) is 24.1. The van der Waals surface area contributed by atoms with Crippen LogP contribution in [0.15, 0.2) is 0 Å². The molecule has 1 aliphatic rings. The Morgan fingerprint density at radius 1 is 0.816 bits per heavy atom. The Balaban J connectivity index is 0. The second-order valence-electron chi connectivity index (χ2n) is 12.0. The van der Waals surface area contributed by atoms with Crippen molar-refractivity contribution in [2.75, 3.05) is 0 Å². The second-order valence-corrected chi connectivity index (χ2v) is 13.0. The van der Waals surface area contributed by atoms with Gasteiger partial charge in [-0.2, -0.15) is 0 Å². The predicted octanol–water partition coefficient (Wildman–Crippen LogP) is 6.61. The first-order valence-electron chi connectivity index (χ1n) is 13.8. The zero-order chi connectivity index (χ0) is 27.7. The SMILES string of the molecule is Cc1c(C)c2c(c(C)c1O)CC[C@@](C)(CCC[C@H](C)CCC[C@H](C)CCCC(C)C)O2.O=P(O)(O)O.[NaH].[NaH]. The van der Waals surface area contributed by atoms with Gasteiger partial charge in [0, 0.05) is 5.56 Å². The average molecular weight is 577 g/mol. The van der Waals surface area contributed by atoms with Crippen molar-refractivity contribution in [1.29, 1.82) is 0 Å². The van der Waals surface area contributed by atoms with Gasteiger partial charge in [0.25, 0.3) is 0 Å². The Kier molecular flexibility index (Phi) is 20.7. The number of benzene rings is 1. The molecule has 0 saturated carbocycles. The molecule has 3 atom stereocenters. The number of hydrogen-bond acceptors (Lipinski definition) is 3. The van der Waals surface area contributed by atoms with Crippen molar-refractivity contribution in [3.63, 3.8) is 0 Å². The molecule has 0 amide bonds. The van der Waals surface area contributed by atoms with Crippen molar-refractivity contribution in [3.05, 3.63) is 22.3 Å². The molecular weight excluding hydrogens is 521 g/mol. The summed E-state index contributed by atoms with van der Waals surface area (Å²) in [6, 6.07) is 0. The molecule has 9 heteroatoms. The summed E-state index contributed by atoms with van der Waals surface area (Å²) in [4.78, 5) is 21.6. The molecule has 1 heterocycles. The van der Waals surface area contributed by atoms with E-state index in [9.17, 15) is 5.11 Å². The van der Waals surface area contributed by atoms with Crippen LogP contribution in [0.2, 0.25) is 0 Å². The summed E-state index contributed by atoms with van der Waals surface area (Å²) in [5.41, 5.74) is 4.23. The van der Waals surface area contributed by atoms with Gasteiger partial charge in [-0.15, -0.1) is 0 Å². The van der Waals surface area contributed by atoms with Crippen LogP contribution in [0.5, 0.6) is 11.5 Å². The van der Waals surface area contributed by atoms with Crippen molar-refractivity contribution in [2.24, 2.45) is 17.8 Å². The molecule has 0 saturated heterocycles. The molecule has 0 bridgehead atoms. The molecule has 4 N–H and O–H groups in total. The van der Waals surface area contributed by atoms with Gasteiger partial charge in [-0.3, -0.25) is 0 Å². The maximum absolute atomic E-state index is 10.4. The summed E-state index contributed by atoms with van der Waals surface area (Å²) in [5.74, 6) is 4.04. The molecule has 38 heavy (non-hydrogen) atoms. The number of phenolic OH excluding ortho intramolecular Hbond substituents is 1. The number of ether oxygens (including phenoxy) is 1. The molecule has 0 unspecified atom stereocenters. The van der Waals surface area contributed by atoms with Gasteiger partial charge >= 0.3 is 66.9 Å². The fourth-order valence-corrected chi connectivity index (χ4v) is 5.27. The minimum absolute atomic E-state index is 0. The van der Waals surface area contributed by atoms with E-state index in [0.717, 1.165) is 59.5 Å². The third-order valence-corrected chi connectivity index (χ3v) is 7.87. The van der Waals surface area contributed by atoms with Crippen molar-refractivity contribution in [1.82, 2.24) is 0 Å². The molecule has 1 aromatic carbocycles. The molecule has 0 radical (unpaired) electrons. The topological polar surface area (TPSA) is 107 Å². The van der Waals surface area contributed by atoms with Crippen molar-refractivity contribution >= 4 is 66.9 Å². The standard InChI is InChI=1S/C29H50O2.2Na.H3O4P.2H/c1-20(2)12-9-13-21(3)14-10-15-22(4)16-11-18-29(8)19-17-26-25(7)27(30)23(5)24(6)28(26)31-29;;;1-5(2,3)4;;/h20-22,30H,9-19H2,1-8H3;;;(H3,1,2,3,4);;/t21-,22-,29-;;;;;/m1...../s1. The Bertz CT molecular complexity index is 865. The van der Waals surface area contributed by atoms with Gasteiger partial charge in [-0.05, 0) is 87.8 Å². The number of phosphoric acid groups is 1. The fraction of sp³-hybridized carbons (Fsp3) is 0.793. The van der Waals surface area contributed by atoms with Gasteiger partial charge in [0.2, 0.25) is 0 Å². The summed E-state index contributed by atoms with van der Waals surface area (Å²) in [6.45, 7) is 17.9. The number of hydrogen-bond donors (Lipinski definition) is 4. The summed E-state index contributed by atoms with van der Waals surface area (Å²) >= 11 is 0. The quantitative estimate of drug-likeness (QED) is 0.165. The van der Waals surface area contributed by atoms with Crippen molar-refractivity contribution in [2.45, 2.75) is 132 Å². The summed E-state index contributed by atoms with van der Waals surface area (Å²) in [7, 11) is -4.64. The van der Waals surface area contributed by atoms with Gasteiger partial charge in [0.15, 0.2) is 0 Å². The average Bonchev–Trinajstić information content (AvgIpc) is 2.74. The van der Waals surface area contributed by atoms with Crippen LogP contribution >= 0.6 is 7.82 Å². The van der Waals surface area contributed by atoms with Crippen LogP contribution in [0.1, 0.15) is 121 Å². The Hall–Kier alpha value is 0.930. The first-order valence-corrected chi connectivity index (χ1v) is 15.4. The zero-order valence-corrected chi connectivity index (χ0v) is 25.0.